The molecule has 2 aromatic rings. The van der Waals surface area contributed by atoms with Crippen molar-refractivity contribution in [1.29, 1.82) is 0 Å². The summed E-state index contributed by atoms with van der Waals surface area (Å²) in [4.78, 5) is 16.9. The molecule has 30 heavy (non-hydrogen) atoms. The van der Waals surface area contributed by atoms with E-state index in [0.29, 0.717) is 31.9 Å². The van der Waals surface area contributed by atoms with Gasteiger partial charge < -0.3 is 9.64 Å². The van der Waals surface area contributed by atoms with E-state index in [0.717, 1.165) is 24.7 Å². The highest BCUT2D eigenvalue weighted by Gasteiger charge is 2.35. The van der Waals surface area contributed by atoms with Crippen LogP contribution in [0.15, 0.2) is 48.5 Å². The molecule has 1 atom stereocenters. The van der Waals surface area contributed by atoms with Gasteiger partial charge in [0.25, 0.3) is 5.91 Å². The fourth-order valence-corrected chi connectivity index (χ4v) is 3.51. The molecule has 0 radical (unpaired) electrons. The second-order valence-corrected chi connectivity index (χ2v) is 7.37. The van der Waals surface area contributed by atoms with Crippen LogP contribution in [0.5, 0.6) is 0 Å². The van der Waals surface area contributed by atoms with Gasteiger partial charge in [0.1, 0.15) is 5.82 Å². The zero-order valence-corrected chi connectivity index (χ0v) is 16.7. The highest BCUT2D eigenvalue weighted by molar-refractivity contribution is 5.94. The van der Waals surface area contributed by atoms with Crippen molar-refractivity contribution in [3.63, 3.8) is 0 Å². The number of ether oxygens (including phenoxy) is 1. The Balaban J connectivity index is 1.87. The Morgan fingerprint density at radius 3 is 2.43 bits per heavy atom. The summed E-state index contributed by atoms with van der Waals surface area (Å²) in [7, 11) is 0. The van der Waals surface area contributed by atoms with Crippen LogP contribution in [0.3, 0.4) is 0 Å². The average molecular weight is 424 g/mol. The van der Waals surface area contributed by atoms with Gasteiger partial charge in [0.2, 0.25) is 0 Å². The van der Waals surface area contributed by atoms with E-state index in [-0.39, 0.29) is 18.2 Å². The quantitative estimate of drug-likeness (QED) is 0.652. The van der Waals surface area contributed by atoms with Gasteiger partial charge in [-0.1, -0.05) is 30.3 Å². The molecule has 1 saturated heterocycles. The van der Waals surface area contributed by atoms with E-state index in [4.69, 9.17) is 4.74 Å². The lowest BCUT2D eigenvalue weighted by Crippen LogP contribution is -2.48. The second-order valence-electron chi connectivity index (χ2n) is 7.37. The van der Waals surface area contributed by atoms with Crippen molar-refractivity contribution in [2.75, 3.05) is 32.8 Å². The number of hydrogen-bond donors (Lipinski definition) is 0. The van der Waals surface area contributed by atoms with E-state index < -0.39 is 23.5 Å². The maximum absolute atomic E-state index is 13.7. The fourth-order valence-electron chi connectivity index (χ4n) is 3.51. The summed E-state index contributed by atoms with van der Waals surface area (Å²) < 4.78 is 58.4. The van der Waals surface area contributed by atoms with E-state index in [9.17, 15) is 22.4 Å². The molecule has 1 aliphatic rings. The molecule has 0 spiro atoms. The van der Waals surface area contributed by atoms with E-state index in [2.05, 4.69) is 4.90 Å². The molecule has 3 rings (SSSR count). The third-order valence-corrected chi connectivity index (χ3v) is 5.13. The fraction of sp³-hybridized carbons (Fsp3) is 0.409. The van der Waals surface area contributed by atoms with Crippen LogP contribution in [0, 0.1) is 5.82 Å². The molecule has 8 heteroatoms. The smallest absolute Gasteiger partial charge is 0.379 e. The molecule has 2 aromatic carbocycles. The zero-order valence-electron chi connectivity index (χ0n) is 16.7. The molecule has 1 aliphatic heterocycles. The maximum Gasteiger partial charge on any atom is 0.419 e. The third-order valence-electron chi connectivity index (χ3n) is 5.13. The summed E-state index contributed by atoms with van der Waals surface area (Å²) in [5.41, 5.74) is -0.764. The Kier molecular flexibility index (Phi) is 7.10. The first-order valence-electron chi connectivity index (χ1n) is 9.77. The highest BCUT2D eigenvalue weighted by Crippen LogP contribution is 2.32. The Morgan fingerprint density at radius 2 is 1.80 bits per heavy atom. The molecule has 1 unspecified atom stereocenters. The Bertz CT molecular complexity index is 852. The van der Waals surface area contributed by atoms with E-state index in [1.165, 1.54) is 4.90 Å². The van der Waals surface area contributed by atoms with Crippen molar-refractivity contribution in [2.45, 2.75) is 25.7 Å². The summed E-state index contributed by atoms with van der Waals surface area (Å²) in [6, 6.07) is 11.4. The lowest BCUT2D eigenvalue weighted by molar-refractivity contribution is -0.140. The van der Waals surface area contributed by atoms with Crippen LogP contribution in [0.2, 0.25) is 0 Å². The zero-order chi connectivity index (χ0) is 21.7. The Labute approximate surface area is 173 Å². The van der Waals surface area contributed by atoms with Crippen LogP contribution in [0.25, 0.3) is 0 Å². The molecule has 0 aromatic heterocycles. The number of nitrogens with zero attached hydrogens (tertiary/aromatic N) is 2. The molecule has 0 aliphatic carbocycles. The molecule has 1 fully saturated rings. The molecule has 0 bridgehead atoms. The van der Waals surface area contributed by atoms with Crippen molar-refractivity contribution < 1.29 is 27.1 Å². The minimum absolute atomic E-state index is 0.187. The van der Waals surface area contributed by atoms with Crippen molar-refractivity contribution in [3.8, 4) is 0 Å². The second kappa shape index (κ2) is 9.57. The van der Waals surface area contributed by atoms with Crippen molar-refractivity contribution in [2.24, 2.45) is 0 Å². The SMILES string of the molecule is CC(CN1CCOCC1)N(Cc1ccccc1)C(=O)c1ccc(F)c(C(F)(F)F)c1. The first kappa shape index (κ1) is 22.2. The Morgan fingerprint density at radius 1 is 1.13 bits per heavy atom. The number of carbonyl (C=O) groups excluding carboxylic acids is 1. The van der Waals surface area contributed by atoms with E-state index >= 15 is 0 Å². The van der Waals surface area contributed by atoms with Gasteiger partial charge in [0.15, 0.2) is 0 Å². The van der Waals surface area contributed by atoms with Crippen molar-refractivity contribution in [1.82, 2.24) is 9.80 Å². The highest BCUT2D eigenvalue weighted by atomic mass is 19.4. The normalized spacial score (nSPS) is 16.3. The number of halogens is 4. The van der Waals surface area contributed by atoms with Gasteiger partial charge >= 0.3 is 6.18 Å². The standard InChI is InChI=1S/C22H24F4N2O2/c1-16(14-27-9-11-30-12-10-27)28(15-17-5-3-2-4-6-17)21(29)18-7-8-20(23)19(13-18)22(24,25)26/h2-8,13,16H,9-12,14-15H2,1H3. The summed E-state index contributed by atoms with van der Waals surface area (Å²) >= 11 is 0. The van der Waals surface area contributed by atoms with Gasteiger partial charge in [-0.05, 0) is 30.7 Å². The van der Waals surface area contributed by atoms with Crippen LogP contribution < -0.4 is 0 Å². The maximum atomic E-state index is 13.7. The average Bonchev–Trinajstić information content (AvgIpc) is 2.72. The van der Waals surface area contributed by atoms with Gasteiger partial charge in [0, 0.05) is 37.8 Å². The van der Waals surface area contributed by atoms with Crippen LogP contribution in [-0.4, -0.2) is 54.6 Å². The van der Waals surface area contributed by atoms with E-state index in [1.54, 1.807) is 0 Å². The number of alkyl halides is 3. The molecule has 0 N–H and O–H groups in total. The first-order chi connectivity index (χ1) is 14.3. The molecular weight excluding hydrogens is 400 g/mol. The number of hydrogen-bond acceptors (Lipinski definition) is 3. The molecule has 1 amide bonds. The number of carbonyl (C=O) groups is 1. The minimum atomic E-state index is -4.87. The molecule has 162 valence electrons. The molecule has 4 nitrogen and oxygen atoms in total. The molecule has 1 heterocycles. The topological polar surface area (TPSA) is 32.8 Å². The van der Waals surface area contributed by atoms with Gasteiger partial charge in [-0.2, -0.15) is 13.2 Å². The van der Waals surface area contributed by atoms with Gasteiger partial charge in [0.05, 0.1) is 18.8 Å². The lowest BCUT2D eigenvalue weighted by atomic mass is 10.1. The number of benzene rings is 2. The number of rotatable bonds is 6. The van der Waals surface area contributed by atoms with Crippen LogP contribution in [0.4, 0.5) is 17.6 Å². The minimum Gasteiger partial charge on any atom is -0.379 e. The van der Waals surface area contributed by atoms with Crippen LogP contribution >= 0.6 is 0 Å². The predicted octanol–water partition coefficient (Wildman–Crippen LogP) is 4.21. The molecule has 0 saturated carbocycles. The summed E-state index contributed by atoms with van der Waals surface area (Å²) in [5.74, 6) is -1.96. The largest absolute Gasteiger partial charge is 0.419 e. The monoisotopic (exact) mass is 424 g/mol. The Hall–Kier alpha value is -2.45. The third kappa shape index (κ3) is 5.58. The molecular formula is C22H24F4N2O2. The first-order valence-corrected chi connectivity index (χ1v) is 9.77. The van der Waals surface area contributed by atoms with Gasteiger partial charge in [-0.3, -0.25) is 9.69 Å². The number of morpholine rings is 1. The van der Waals surface area contributed by atoms with Crippen molar-refractivity contribution >= 4 is 5.91 Å². The van der Waals surface area contributed by atoms with Crippen LogP contribution in [-0.2, 0) is 17.5 Å². The predicted molar refractivity (Wildman–Crippen MR) is 104 cm³/mol. The van der Waals surface area contributed by atoms with Crippen LogP contribution in [0.1, 0.15) is 28.4 Å². The summed E-state index contributed by atoms with van der Waals surface area (Å²) in [6.07, 6.45) is -4.87. The number of amides is 1. The van der Waals surface area contributed by atoms with E-state index in [1.807, 2.05) is 37.3 Å². The van der Waals surface area contributed by atoms with Crippen molar-refractivity contribution in [3.05, 3.63) is 71.0 Å². The lowest BCUT2D eigenvalue weighted by Gasteiger charge is -2.35. The van der Waals surface area contributed by atoms with Gasteiger partial charge in [-0.25, -0.2) is 4.39 Å². The summed E-state index contributed by atoms with van der Waals surface area (Å²) in [6.45, 7) is 5.33. The van der Waals surface area contributed by atoms with Gasteiger partial charge in [-0.15, -0.1) is 0 Å². The summed E-state index contributed by atoms with van der Waals surface area (Å²) in [5, 5.41) is 0.